The molecule has 0 atom stereocenters. The molecule has 0 bridgehead atoms. The maximum Gasteiger partial charge on any atom is 0.211 e. The van der Waals surface area contributed by atoms with Crippen molar-refractivity contribution < 1.29 is 8.42 Å². The number of hydrogen-bond donors (Lipinski definition) is 1. The average molecular weight is 444 g/mol. The largest absolute Gasteiger partial charge is 0.370 e. The number of aliphatic imine (C=N–C) groups is 1. The van der Waals surface area contributed by atoms with Gasteiger partial charge in [0.15, 0.2) is 5.96 Å². The molecule has 8 heteroatoms. The van der Waals surface area contributed by atoms with E-state index in [1.807, 2.05) is 0 Å². The lowest BCUT2D eigenvalue weighted by molar-refractivity contribution is 0.279. The molecule has 0 aromatic heterocycles. The monoisotopic (exact) mass is 444 g/mol. The number of nitrogens with two attached hydrogens (primary N) is 1. The van der Waals surface area contributed by atoms with Gasteiger partial charge in [0.1, 0.15) is 0 Å². The van der Waals surface area contributed by atoms with Crippen LogP contribution in [0.4, 0.5) is 0 Å². The molecule has 0 amide bonds. The molecule has 0 spiro atoms. The van der Waals surface area contributed by atoms with Crippen molar-refractivity contribution in [1.29, 1.82) is 0 Å². The molecule has 22 heavy (non-hydrogen) atoms. The lowest BCUT2D eigenvalue weighted by Crippen LogP contribution is -2.40. The summed E-state index contributed by atoms with van der Waals surface area (Å²) in [5, 5.41) is 0. The van der Waals surface area contributed by atoms with Crippen molar-refractivity contribution in [2.75, 3.05) is 39.0 Å². The molecule has 2 rings (SSSR count). The van der Waals surface area contributed by atoms with Gasteiger partial charge < -0.3 is 10.6 Å². The van der Waals surface area contributed by atoms with Crippen molar-refractivity contribution in [1.82, 2.24) is 9.21 Å². The first-order valence-electron chi connectivity index (χ1n) is 7.97. The number of hydrogen-bond acceptors (Lipinski definition) is 3. The molecule has 2 aliphatic heterocycles. The standard InChI is InChI=1S/C14H28N4O2S.HI/c1-21(19,20)18-10-6-13(7-11-18)12-16-14(15)17-8-4-2-3-5-9-17;/h13H,2-12H2,1H3,(H2,15,16);1H. The highest BCUT2D eigenvalue weighted by Crippen LogP contribution is 2.19. The minimum atomic E-state index is -3.04. The number of sulfonamides is 1. The molecule has 0 aromatic rings. The summed E-state index contributed by atoms with van der Waals surface area (Å²) in [5.74, 6) is 1.12. The maximum atomic E-state index is 11.5. The SMILES string of the molecule is CS(=O)(=O)N1CCC(CN=C(N)N2CCCCCC2)CC1.I. The Balaban J connectivity index is 0.00000242. The molecule has 2 heterocycles. The summed E-state index contributed by atoms with van der Waals surface area (Å²) < 4.78 is 24.5. The van der Waals surface area contributed by atoms with E-state index in [0.29, 0.717) is 25.0 Å². The number of rotatable bonds is 3. The Morgan fingerprint density at radius 3 is 2.14 bits per heavy atom. The van der Waals surface area contributed by atoms with Gasteiger partial charge in [-0.2, -0.15) is 0 Å². The number of likely N-dealkylation sites (tertiary alicyclic amines) is 1. The lowest BCUT2D eigenvalue weighted by Gasteiger charge is -2.29. The molecule has 0 radical (unpaired) electrons. The summed E-state index contributed by atoms with van der Waals surface area (Å²) in [4.78, 5) is 6.75. The fourth-order valence-corrected chi connectivity index (χ4v) is 3.92. The Kier molecular flexibility index (Phi) is 8.40. The molecule has 2 fully saturated rings. The van der Waals surface area contributed by atoms with Crippen LogP contribution in [0.15, 0.2) is 4.99 Å². The molecule has 0 aromatic carbocycles. The van der Waals surface area contributed by atoms with Gasteiger partial charge in [0.25, 0.3) is 0 Å². The normalized spacial score (nSPS) is 23.0. The van der Waals surface area contributed by atoms with Crippen LogP contribution >= 0.6 is 24.0 Å². The number of piperidine rings is 1. The van der Waals surface area contributed by atoms with Crippen LogP contribution in [0, 0.1) is 5.92 Å². The van der Waals surface area contributed by atoms with Gasteiger partial charge in [-0.05, 0) is 31.6 Å². The van der Waals surface area contributed by atoms with Crippen molar-refractivity contribution in [3.05, 3.63) is 0 Å². The molecule has 0 unspecified atom stereocenters. The molecule has 130 valence electrons. The number of guanidine groups is 1. The first kappa shape index (κ1) is 20.0. The third-order valence-electron chi connectivity index (χ3n) is 4.48. The van der Waals surface area contributed by atoms with Crippen molar-refractivity contribution in [2.45, 2.75) is 38.5 Å². The Morgan fingerprint density at radius 1 is 1.09 bits per heavy atom. The van der Waals surface area contributed by atoms with Crippen LogP contribution < -0.4 is 5.73 Å². The van der Waals surface area contributed by atoms with Crippen LogP contribution in [-0.2, 0) is 10.0 Å². The number of nitrogens with zero attached hydrogens (tertiary/aromatic N) is 3. The van der Waals surface area contributed by atoms with Gasteiger partial charge in [-0.25, -0.2) is 12.7 Å². The van der Waals surface area contributed by atoms with Crippen molar-refractivity contribution in [3.8, 4) is 0 Å². The van der Waals surface area contributed by atoms with Crippen LogP contribution in [0.5, 0.6) is 0 Å². The molecule has 0 aliphatic carbocycles. The van der Waals surface area contributed by atoms with E-state index in [2.05, 4.69) is 9.89 Å². The van der Waals surface area contributed by atoms with Crippen LogP contribution in [0.2, 0.25) is 0 Å². The Bertz CT molecular complexity index is 453. The van der Waals surface area contributed by atoms with E-state index in [0.717, 1.165) is 32.5 Å². The molecule has 2 saturated heterocycles. The van der Waals surface area contributed by atoms with E-state index in [9.17, 15) is 8.42 Å². The molecular formula is C14H29IN4O2S. The Labute approximate surface area is 151 Å². The third-order valence-corrected chi connectivity index (χ3v) is 5.79. The van der Waals surface area contributed by atoms with Crippen LogP contribution in [0.1, 0.15) is 38.5 Å². The zero-order valence-electron chi connectivity index (χ0n) is 13.4. The van der Waals surface area contributed by atoms with Gasteiger partial charge in [-0.15, -0.1) is 24.0 Å². The predicted molar refractivity (Wildman–Crippen MR) is 101 cm³/mol. The van der Waals surface area contributed by atoms with E-state index < -0.39 is 10.0 Å². The van der Waals surface area contributed by atoms with E-state index in [1.165, 1.54) is 31.9 Å². The van der Waals surface area contributed by atoms with Gasteiger partial charge in [0.2, 0.25) is 10.0 Å². The first-order valence-corrected chi connectivity index (χ1v) is 9.81. The van der Waals surface area contributed by atoms with Gasteiger partial charge >= 0.3 is 0 Å². The topological polar surface area (TPSA) is 79.0 Å². The fourth-order valence-electron chi connectivity index (χ4n) is 3.05. The average Bonchev–Trinajstić information content (AvgIpc) is 2.73. The highest BCUT2D eigenvalue weighted by Gasteiger charge is 2.24. The van der Waals surface area contributed by atoms with E-state index in [1.54, 1.807) is 4.31 Å². The Morgan fingerprint density at radius 2 is 1.64 bits per heavy atom. The molecular weight excluding hydrogens is 415 g/mol. The van der Waals surface area contributed by atoms with E-state index in [4.69, 9.17) is 5.73 Å². The van der Waals surface area contributed by atoms with Gasteiger partial charge in [-0.1, -0.05) is 12.8 Å². The Hall–Kier alpha value is -0.0900. The lowest BCUT2D eigenvalue weighted by atomic mass is 9.98. The summed E-state index contributed by atoms with van der Waals surface area (Å²) in [6.07, 6.45) is 8.00. The molecule has 6 nitrogen and oxygen atoms in total. The second-order valence-electron chi connectivity index (χ2n) is 6.21. The zero-order valence-corrected chi connectivity index (χ0v) is 16.6. The molecule has 2 N–H and O–H groups in total. The van der Waals surface area contributed by atoms with Gasteiger partial charge in [0.05, 0.1) is 6.26 Å². The summed E-state index contributed by atoms with van der Waals surface area (Å²) >= 11 is 0. The van der Waals surface area contributed by atoms with Crippen molar-refractivity contribution in [3.63, 3.8) is 0 Å². The van der Waals surface area contributed by atoms with Crippen molar-refractivity contribution >= 4 is 40.0 Å². The minimum Gasteiger partial charge on any atom is -0.370 e. The van der Waals surface area contributed by atoms with Crippen LogP contribution in [-0.4, -0.2) is 62.6 Å². The van der Waals surface area contributed by atoms with Crippen molar-refractivity contribution in [2.24, 2.45) is 16.6 Å². The summed E-state index contributed by atoms with van der Waals surface area (Å²) in [5.41, 5.74) is 6.10. The quantitative estimate of drug-likeness (QED) is 0.406. The van der Waals surface area contributed by atoms with E-state index in [-0.39, 0.29) is 24.0 Å². The summed E-state index contributed by atoms with van der Waals surface area (Å²) in [6.45, 7) is 3.98. The zero-order chi connectivity index (χ0) is 15.3. The van der Waals surface area contributed by atoms with Gasteiger partial charge in [0, 0.05) is 32.7 Å². The minimum absolute atomic E-state index is 0. The number of halogens is 1. The predicted octanol–water partition coefficient (Wildman–Crippen LogP) is 1.47. The highest BCUT2D eigenvalue weighted by molar-refractivity contribution is 14.0. The second kappa shape index (κ2) is 9.27. The maximum absolute atomic E-state index is 11.5. The van der Waals surface area contributed by atoms with Crippen LogP contribution in [0.3, 0.4) is 0 Å². The van der Waals surface area contributed by atoms with Crippen LogP contribution in [0.25, 0.3) is 0 Å². The third kappa shape index (κ3) is 6.19. The molecule has 2 aliphatic rings. The van der Waals surface area contributed by atoms with Gasteiger partial charge in [-0.3, -0.25) is 4.99 Å². The smallest absolute Gasteiger partial charge is 0.211 e. The summed E-state index contributed by atoms with van der Waals surface area (Å²) in [7, 11) is -3.04. The highest BCUT2D eigenvalue weighted by atomic mass is 127. The second-order valence-corrected chi connectivity index (χ2v) is 8.19. The molecule has 0 saturated carbocycles. The van der Waals surface area contributed by atoms with E-state index >= 15 is 0 Å². The first-order chi connectivity index (χ1) is 9.97. The summed E-state index contributed by atoms with van der Waals surface area (Å²) in [6, 6.07) is 0. The fraction of sp³-hybridized carbons (Fsp3) is 0.929.